The lowest BCUT2D eigenvalue weighted by atomic mass is 10.1. The minimum absolute atomic E-state index is 0.217. The first-order valence-electron chi connectivity index (χ1n) is 4.41. The van der Waals surface area contributed by atoms with E-state index in [1.54, 1.807) is 11.7 Å². The molecule has 1 amide bonds. The number of carbonyl (C=O) groups is 1. The van der Waals surface area contributed by atoms with Crippen LogP contribution in [0.2, 0.25) is 0 Å². The molecule has 0 radical (unpaired) electrons. The number of aromatic nitrogens is 2. The van der Waals surface area contributed by atoms with Crippen molar-refractivity contribution in [3.8, 4) is 0 Å². The SMILES string of the molecule is Cc1nn(C)c2c1=C(CCl)C(Cl)C(=O)N=2. The van der Waals surface area contributed by atoms with Gasteiger partial charge in [0.1, 0.15) is 5.38 Å². The summed E-state index contributed by atoms with van der Waals surface area (Å²) in [5.74, 6) is -0.155. The van der Waals surface area contributed by atoms with Gasteiger partial charge in [0.15, 0.2) is 5.49 Å². The Kier molecular flexibility index (Phi) is 2.56. The zero-order valence-electron chi connectivity index (χ0n) is 8.29. The van der Waals surface area contributed by atoms with Gasteiger partial charge in [-0.05, 0) is 12.5 Å². The molecular formula is C9H9Cl2N3O. The number of alkyl halides is 2. The summed E-state index contributed by atoms with van der Waals surface area (Å²) in [6.45, 7) is 1.85. The normalized spacial score (nSPS) is 20.1. The molecule has 0 saturated carbocycles. The van der Waals surface area contributed by atoms with E-state index in [1.165, 1.54) is 0 Å². The minimum atomic E-state index is -0.752. The van der Waals surface area contributed by atoms with Crippen molar-refractivity contribution in [3.63, 3.8) is 0 Å². The number of hydrogen-bond acceptors (Lipinski definition) is 2. The van der Waals surface area contributed by atoms with Crippen LogP contribution in [0.25, 0.3) is 5.57 Å². The van der Waals surface area contributed by atoms with Crippen LogP contribution in [0.1, 0.15) is 5.69 Å². The summed E-state index contributed by atoms with van der Waals surface area (Å²) >= 11 is 11.7. The highest BCUT2D eigenvalue weighted by Crippen LogP contribution is 2.15. The Labute approximate surface area is 96.2 Å². The second-order valence-corrected chi connectivity index (χ2v) is 4.08. The number of halogens is 2. The molecular weight excluding hydrogens is 237 g/mol. The Hall–Kier alpha value is -0.870. The Morgan fingerprint density at radius 2 is 2.20 bits per heavy atom. The average Bonchev–Trinajstić information content (AvgIpc) is 2.45. The maximum absolute atomic E-state index is 11.5. The monoisotopic (exact) mass is 245 g/mol. The van der Waals surface area contributed by atoms with Crippen molar-refractivity contribution in [2.45, 2.75) is 12.3 Å². The van der Waals surface area contributed by atoms with Crippen LogP contribution in [-0.2, 0) is 11.8 Å². The summed E-state index contributed by atoms with van der Waals surface area (Å²) in [5.41, 5.74) is 2.04. The molecule has 2 heterocycles. The molecule has 1 aliphatic rings. The van der Waals surface area contributed by atoms with Gasteiger partial charge in [0.05, 0.1) is 5.69 Å². The average molecular weight is 246 g/mol. The highest BCUT2D eigenvalue weighted by molar-refractivity contribution is 6.38. The molecule has 0 aromatic carbocycles. The van der Waals surface area contributed by atoms with Crippen LogP contribution in [0.5, 0.6) is 0 Å². The van der Waals surface area contributed by atoms with E-state index in [4.69, 9.17) is 23.2 Å². The quantitative estimate of drug-likeness (QED) is 0.649. The van der Waals surface area contributed by atoms with Gasteiger partial charge in [0.2, 0.25) is 0 Å². The number of hydrogen-bond donors (Lipinski definition) is 0. The number of carbonyl (C=O) groups excluding carboxylic acids is 1. The van der Waals surface area contributed by atoms with Crippen molar-refractivity contribution >= 4 is 34.7 Å². The van der Waals surface area contributed by atoms with Crippen molar-refractivity contribution in [3.05, 3.63) is 16.4 Å². The van der Waals surface area contributed by atoms with E-state index in [0.717, 1.165) is 10.9 Å². The van der Waals surface area contributed by atoms with Gasteiger partial charge in [0.25, 0.3) is 5.91 Å². The molecule has 0 bridgehead atoms. The molecule has 1 unspecified atom stereocenters. The van der Waals surface area contributed by atoms with Crippen molar-refractivity contribution < 1.29 is 4.79 Å². The standard InChI is InChI=1S/C9H9Cl2N3O/c1-4-6-5(3-10)7(11)9(15)12-8(6)14(2)13-4/h7H,3H2,1-2H3. The second kappa shape index (κ2) is 3.61. The van der Waals surface area contributed by atoms with E-state index in [-0.39, 0.29) is 11.8 Å². The highest BCUT2D eigenvalue weighted by Gasteiger charge is 2.26. The van der Waals surface area contributed by atoms with Gasteiger partial charge in [-0.1, -0.05) is 0 Å². The van der Waals surface area contributed by atoms with Crippen molar-refractivity contribution in [2.75, 3.05) is 5.88 Å². The minimum Gasteiger partial charge on any atom is -0.270 e. The van der Waals surface area contributed by atoms with Crippen LogP contribution in [-0.4, -0.2) is 26.9 Å². The third-order valence-corrected chi connectivity index (χ3v) is 3.13. The van der Waals surface area contributed by atoms with Crippen LogP contribution in [0, 0.1) is 6.92 Å². The topological polar surface area (TPSA) is 47.2 Å². The maximum Gasteiger partial charge on any atom is 0.270 e. The van der Waals surface area contributed by atoms with Gasteiger partial charge < -0.3 is 0 Å². The molecule has 0 aliphatic carbocycles. The number of amides is 1. The zero-order chi connectivity index (χ0) is 11.2. The van der Waals surface area contributed by atoms with Crippen molar-refractivity contribution in [1.29, 1.82) is 0 Å². The zero-order valence-corrected chi connectivity index (χ0v) is 9.80. The highest BCUT2D eigenvalue weighted by atomic mass is 35.5. The third kappa shape index (κ3) is 1.48. The summed E-state index contributed by atoms with van der Waals surface area (Å²) in [6.07, 6.45) is 0. The number of aryl methyl sites for hydroxylation is 2. The van der Waals surface area contributed by atoms with Gasteiger partial charge >= 0.3 is 0 Å². The molecule has 1 aromatic heterocycles. The summed E-state index contributed by atoms with van der Waals surface area (Å²) in [6, 6.07) is 0. The predicted molar refractivity (Wildman–Crippen MR) is 57.5 cm³/mol. The van der Waals surface area contributed by atoms with Crippen LogP contribution < -0.4 is 10.7 Å². The molecule has 15 heavy (non-hydrogen) atoms. The fraction of sp³-hybridized carbons (Fsp3) is 0.444. The Balaban J connectivity index is 2.95. The lowest BCUT2D eigenvalue weighted by Gasteiger charge is -2.10. The fourth-order valence-corrected chi connectivity index (χ4v) is 2.32. The van der Waals surface area contributed by atoms with Gasteiger partial charge in [-0.25, -0.2) is 0 Å². The maximum atomic E-state index is 11.5. The van der Waals surface area contributed by atoms with E-state index < -0.39 is 5.38 Å². The molecule has 1 atom stereocenters. The molecule has 4 nitrogen and oxygen atoms in total. The van der Waals surface area contributed by atoms with Gasteiger partial charge in [0, 0.05) is 18.1 Å². The lowest BCUT2D eigenvalue weighted by Crippen LogP contribution is -2.41. The Bertz CT molecular complexity index is 546. The number of fused-ring (bicyclic) bond motifs is 1. The predicted octanol–water partition coefficient (Wildman–Crippen LogP) is -0.115. The number of rotatable bonds is 1. The molecule has 1 aliphatic heterocycles. The van der Waals surface area contributed by atoms with Crippen LogP contribution in [0.15, 0.2) is 4.99 Å². The molecule has 2 rings (SSSR count). The van der Waals surface area contributed by atoms with Crippen LogP contribution in [0.4, 0.5) is 0 Å². The van der Waals surface area contributed by atoms with Gasteiger partial charge in [-0.15, -0.1) is 23.2 Å². The molecule has 0 N–H and O–H groups in total. The van der Waals surface area contributed by atoms with E-state index >= 15 is 0 Å². The Morgan fingerprint density at radius 1 is 1.53 bits per heavy atom. The first-order valence-corrected chi connectivity index (χ1v) is 5.38. The van der Waals surface area contributed by atoms with Crippen LogP contribution >= 0.6 is 23.2 Å². The summed E-state index contributed by atoms with van der Waals surface area (Å²) in [4.78, 5) is 15.4. The fourth-order valence-electron chi connectivity index (χ4n) is 1.72. The Morgan fingerprint density at radius 3 is 2.80 bits per heavy atom. The van der Waals surface area contributed by atoms with E-state index in [1.807, 2.05) is 6.92 Å². The van der Waals surface area contributed by atoms with E-state index in [9.17, 15) is 4.79 Å². The molecule has 6 heteroatoms. The second-order valence-electron chi connectivity index (χ2n) is 3.38. The van der Waals surface area contributed by atoms with Gasteiger partial charge in [-0.3, -0.25) is 9.48 Å². The van der Waals surface area contributed by atoms with Gasteiger partial charge in [-0.2, -0.15) is 10.1 Å². The molecule has 1 aromatic rings. The van der Waals surface area contributed by atoms with Crippen LogP contribution in [0.3, 0.4) is 0 Å². The third-order valence-electron chi connectivity index (χ3n) is 2.40. The number of nitrogens with zero attached hydrogens (tertiary/aromatic N) is 3. The molecule has 0 saturated heterocycles. The van der Waals surface area contributed by atoms with E-state index in [0.29, 0.717) is 11.1 Å². The first-order chi connectivity index (χ1) is 7.06. The molecule has 0 fully saturated rings. The van der Waals surface area contributed by atoms with Crippen molar-refractivity contribution in [2.24, 2.45) is 12.0 Å². The molecule has 80 valence electrons. The van der Waals surface area contributed by atoms with E-state index in [2.05, 4.69) is 10.1 Å². The molecule has 0 spiro atoms. The summed E-state index contributed by atoms with van der Waals surface area (Å²) < 4.78 is 1.57. The first kappa shape index (κ1) is 10.6. The largest absolute Gasteiger partial charge is 0.270 e. The van der Waals surface area contributed by atoms with Crippen molar-refractivity contribution in [1.82, 2.24) is 9.78 Å². The lowest BCUT2D eigenvalue weighted by molar-refractivity contribution is -0.117. The summed E-state index contributed by atoms with van der Waals surface area (Å²) in [7, 11) is 1.74. The summed E-state index contributed by atoms with van der Waals surface area (Å²) in [5, 5.41) is 4.25. The smallest absolute Gasteiger partial charge is 0.270 e.